The Morgan fingerprint density at radius 3 is 2.75 bits per heavy atom. The molecule has 0 bridgehead atoms. The van der Waals surface area contributed by atoms with E-state index in [4.69, 9.17) is 5.73 Å². The van der Waals surface area contributed by atoms with Gasteiger partial charge in [-0.2, -0.15) is 4.98 Å². The summed E-state index contributed by atoms with van der Waals surface area (Å²) in [5, 5.41) is 3.29. The quantitative estimate of drug-likeness (QED) is 0.811. The zero-order valence-corrected chi connectivity index (χ0v) is 10.1. The first kappa shape index (κ1) is 11.1. The van der Waals surface area contributed by atoms with Crippen LogP contribution in [0.15, 0.2) is 0 Å². The van der Waals surface area contributed by atoms with Gasteiger partial charge in [0.05, 0.1) is 11.4 Å². The third-order valence-corrected chi connectivity index (χ3v) is 2.61. The van der Waals surface area contributed by atoms with Crippen LogP contribution in [0.1, 0.15) is 31.1 Å². The van der Waals surface area contributed by atoms with Crippen LogP contribution in [0.4, 0.5) is 0 Å². The van der Waals surface area contributed by atoms with E-state index in [9.17, 15) is 0 Å². The average molecular weight is 221 g/mol. The van der Waals surface area contributed by atoms with Crippen LogP contribution < -0.4 is 5.73 Å². The number of hydrogen-bond acceptors (Lipinski definition) is 3. The van der Waals surface area contributed by atoms with Crippen molar-refractivity contribution in [3.8, 4) is 0 Å². The Labute approximate surface area is 95.1 Å². The monoisotopic (exact) mass is 221 g/mol. The number of H-pyrrole nitrogens is 1. The van der Waals surface area contributed by atoms with E-state index in [1.165, 1.54) is 0 Å². The molecule has 3 N–H and O–H groups in total. The Balaban J connectivity index is 2.39. The first-order chi connectivity index (χ1) is 7.61. The van der Waals surface area contributed by atoms with E-state index in [1.54, 1.807) is 0 Å². The Bertz CT molecular complexity index is 480. The second kappa shape index (κ2) is 4.25. The predicted octanol–water partition coefficient (Wildman–Crippen LogP) is 1.07. The number of hydrogen-bond donors (Lipinski definition) is 2. The van der Waals surface area contributed by atoms with Crippen molar-refractivity contribution in [3.05, 3.63) is 17.2 Å². The molecule has 0 atom stereocenters. The van der Waals surface area contributed by atoms with Crippen LogP contribution in [0, 0.1) is 12.8 Å². The van der Waals surface area contributed by atoms with E-state index in [0.29, 0.717) is 12.5 Å². The third-order valence-electron chi connectivity index (χ3n) is 2.61. The fraction of sp³-hybridized carbons (Fsp3) is 0.636. The highest BCUT2D eigenvalue weighted by Crippen LogP contribution is 2.12. The topological polar surface area (TPSA) is 72.0 Å². The number of nitrogens with one attached hydrogen (secondary N) is 1. The molecule has 2 rings (SSSR count). The highest BCUT2D eigenvalue weighted by molar-refractivity contribution is 5.34. The molecule has 0 aliphatic carbocycles. The molecule has 0 fully saturated rings. The van der Waals surface area contributed by atoms with Gasteiger partial charge in [0.2, 0.25) is 0 Å². The number of aromatic amines is 1. The number of aromatic nitrogens is 4. The van der Waals surface area contributed by atoms with Gasteiger partial charge in [0.25, 0.3) is 5.78 Å². The summed E-state index contributed by atoms with van der Waals surface area (Å²) in [6, 6.07) is 0. The molecule has 0 saturated carbocycles. The summed E-state index contributed by atoms with van der Waals surface area (Å²) < 4.78 is 1.96. The van der Waals surface area contributed by atoms with E-state index in [0.717, 1.165) is 35.8 Å². The Hall–Kier alpha value is -1.36. The molecule has 88 valence electrons. The van der Waals surface area contributed by atoms with Gasteiger partial charge in [-0.05, 0) is 19.4 Å². The maximum atomic E-state index is 5.59. The molecule has 0 aliphatic rings. The van der Waals surface area contributed by atoms with Gasteiger partial charge in [0.1, 0.15) is 5.82 Å². The minimum Gasteiger partial charge on any atom is -0.330 e. The molecule has 0 radical (unpaired) electrons. The van der Waals surface area contributed by atoms with Gasteiger partial charge >= 0.3 is 0 Å². The normalized spacial score (nSPS) is 11.8. The number of rotatable bonds is 4. The van der Waals surface area contributed by atoms with Crippen molar-refractivity contribution >= 4 is 5.78 Å². The Morgan fingerprint density at radius 1 is 1.38 bits per heavy atom. The smallest absolute Gasteiger partial charge is 0.251 e. The lowest BCUT2D eigenvalue weighted by Gasteiger charge is -2.00. The fourth-order valence-corrected chi connectivity index (χ4v) is 1.92. The highest BCUT2D eigenvalue weighted by atomic mass is 15.3. The number of fused-ring (bicyclic) bond motifs is 1. The van der Waals surface area contributed by atoms with Crippen LogP contribution in [0.25, 0.3) is 5.78 Å². The van der Waals surface area contributed by atoms with Gasteiger partial charge in [-0.25, -0.2) is 9.50 Å². The lowest BCUT2D eigenvalue weighted by Crippen LogP contribution is -2.07. The van der Waals surface area contributed by atoms with Gasteiger partial charge in [-0.3, -0.25) is 5.10 Å². The molecule has 0 aliphatic heterocycles. The SMILES string of the molecule is Cc1nc2nc(CC(C)C)[nH]n2c1CCN. The zero-order chi connectivity index (χ0) is 11.7. The summed E-state index contributed by atoms with van der Waals surface area (Å²) in [7, 11) is 0. The molecule has 5 heteroatoms. The van der Waals surface area contributed by atoms with Gasteiger partial charge in [0, 0.05) is 12.8 Å². The Kier molecular flexibility index (Phi) is 2.96. The summed E-state index contributed by atoms with van der Waals surface area (Å²) >= 11 is 0. The van der Waals surface area contributed by atoms with Gasteiger partial charge < -0.3 is 5.73 Å². The molecular formula is C11H19N5. The van der Waals surface area contributed by atoms with Crippen molar-refractivity contribution in [3.63, 3.8) is 0 Å². The molecule has 0 amide bonds. The summed E-state index contributed by atoms with van der Waals surface area (Å²) in [5.41, 5.74) is 7.74. The van der Waals surface area contributed by atoms with Crippen LogP contribution >= 0.6 is 0 Å². The van der Waals surface area contributed by atoms with Gasteiger partial charge in [0.15, 0.2) is 0 Å². The van der Waals surface area contributed by atoms with Crippen LogP contribution in [-0.4, -0.2) is 26.1 Å². The standard InChI is InChI=1S/C11H19N5/c1-7(2)6-10-14-11-13-8(3)9(4-5-12)16(11)15-10/h7H,4-6,12H2,1-3H3,(H,13,14,15). The van der Waals surface area contributed by atoms with Crippen LogP contribution in [0.2, 0.25) is 0 Å². The van der Waals surface area contributed by atoms with Crippen molar-refractivity contribution < 1.29 is 0 Å². The molecule has 2 aromatic rings. The van der Waals surface area contributed by atoms with Crippen LogP contribution in [-0.2, 0) is 12.8 Å². The fourth-order valence-electron chi connectivity index (χ4n) is 1.92. The number of imidazole rings is 1. The first-order valence-electron chi connectivity index (χ1n) is 5.74. The molecule has 0 spiro atoms. The molecular weight excluding hydrogens is 202 g/mol. The van der Waals surface area contributed by atoms with E-state index in [-0.39, 0.29) is 0 Å². The van der Waals surface area contributed by atoms with Crippen molar-refractivity contribution in [2.24, 2.45) is 11.7 Å². The molecule has 2 heterocycles. The first-order valence-corrected chi connectivity index (χ1v) is 5.74. The summed E-state index contributed by atoms with van der Waals surface area (Å²) in [6.45, 7) is 6.98. The van der Waals surface area contributed by atoms with E-state index >= 15 is 0 Å². The average Bonchev–Trinajstić information content (AvgIpc) is 2.66. The van der Waals surface area contributed by atoms with E-state index in [2.05, 4.69) is 28.9 Å². The third kappa shape index (κ3) is 1.95. The minimum absolute atomic E-state index is 0.593. The summed E-state index contributed by atoms with van der Waals surface area (Å²) in [4.78, 5) is 8.90. The maximum absolute atomic E-state index is 5.59. The van der Waals surface area contributed by atoms with Crippen molar-refractivity contribution in [2.75, 3.05) is 6.54 Å². The lowest BCUT2D eigenvalue weighted by molar-refractivity contribution is 0.618. The largest absolute Gasteiger partial charge is 0.330 e. The second-order valence-corrected chi connectivity index (χ2v) is 4.59. The summed E-state index contributed by atoms with van der Waals surface area (Å²) in [5.74, 6) is 2.35. The van der Waals surface area contributed by atoms with Gasteiger partial charge in [-0.1, -0.05) is 13.8 Å². The molecule has 16 heavy (non-hydrogen) atoms. The number of nitrogens with two attached hydrogens (primary N) is 1. The summed E-state index contributed by atoms with van der Waals surface area (Å²) in [6.07, 6.45) is 1.78. The molecule has 5 nitrogen and oxygen atoms in total. The minimum atomic E-state index is 0.593. The molecule has 0 saturated heterocycles. The van der Waals surface area contributed by atoms with Crippen molar-refractivity contribution in [2.45, 2.75) is 33.6 Å². The molecule has 2 aromatic heterocycles. The van der Waals surface area contributed by atoms with E-state index in [1.807, 2.05) is 11.4 Å². The molecule has 0 unspecified atom stereocenters. The molecule has 0 aromatic carbocycles. The number of aryl methyl sites for hydroxylation is 1. The van der Waals surface area contributed by atoms with E-state index < -0.39 is 0 Å². The lowest BCUT2D eigenvalue weighted by atomic mass is 10.1. The Morgan fingerprint density at radius 2 is 2.12 bits per heavy atom. The van der Waals surface area contributed by atoms with Gasteiger partial charge in [-0.15, -0.1) is 0 Å². The van der Waals surface area contributed by atoms with Crippen LogP contribution in [0.5, 0.6) is 0 Å². The van der Waals surface area contributed by atoms with Crippen molar-refractivity contribution in [1.82, 2.24) is 19.6 Å². The zero-order valence-electron chi connectivity index (χ0n) is 10.1. The van der Waals surface area contributed by atoms with Crippen molar-refractivity contribution in [1.29, 1.82) is 0 Å². The highest BCUT2D eigenvalue weighted by Gasteiger charge is 2.12. The number of nitrogens with zero attached hydrogens (tertiary/aromatic N) is 3. The van der Waals surface area contributed by atoms with Crippen LogP contribution in [0.3, 0.4) is 0 Å². The maximum Gasteiger partial charge on any atom is 0.251 e. The second-order valence-electron chi connectivity index (χ2n) is 4.59. The predicted molar refractivity (Wildman–Crippen MR) is 63.4 cm³/mol.